The van der Waals surface area contributed by atoms with Gasteiger partial charge in [0, 0.05) is 45.7 Å². The highest BCUT2D eigenvalue weighted by molar-refractivity contribution is 6.51. The lowest BCUT2D eigenvalue weighted by Crippen LogP contribution is -2.28. The van der Waals surface area contributed by atoms with E-state index in [1.807, 2.05) is 11.3 Å². The van der Waals surface area contributed by atoms with Crippen LogP contribution in [0.2, 0.25) is 0 Å². The Morgan fingerprint density at radius 1 is 0.594 bits per heavy atom. The first-order valence-electron chi connectivity index (χ1n) is 8.96. The summed E-state index contributed by atoms with van der Waals surface area (Å²) < 4.78 is 0. The van der Waals surface area contributed by atoms with Crippen molar-refractivity contribution in [3.63, 3.8) is 0 Å². The molecule has 32 heavy (non-hydrogen) atoms. The molecule has 0 heterocycles. The van der Waals surface area contributed by atoms with Gasteiger partial charge in [-0.15, -0.1) is 0 Å². The molecule has 0 fully saturated rings. The van der Waals surface area contributed by atoms with Gasteiger partial charge in [0.15, 0.2) is 11.5 Å². The fraction of sp³-hybridized carbons (Fsp3) is 0. The van der Waals surface area contributed by atoms with Crippen molar-refractivity contribution in [2.24, 2.45) is 0 Å². The fourth-order valence-corrected chi connectivity index (χ4v) is 2.97. The molecular formula is C21H12N2O9. The number of carbonyl (C=O) groups is 5. The summed E-state index contributed by atoms with van der Waals surface area (Å²) >= 11 is 0. The van der Waals surface area contributed by atoms with Crippen molar-refractivity contribution >= 4 is 40.8 Å². The molecule has 2 aromatic carbocycles. The van der Waals surface area contributed by atoms with E-state index in [1.165, 1.54) is 12.1 Å². The molecule has 0 aromatic heterocycles. The van der Waals surface area contributed by atoms with Gasteiger partial charge in [-0.3, -0.25) is 19.2 Å². The van der Waals surface area contributed by atoms with Crippen LogP contribution in [-0.2, 0) is 28.9 Å². The highest BCUT2D eigenvalue weighted by Crippen LogP contribution is 2.26. The first-order chi connectivity index (χ1) is 15.5. The Kier molecular flexibility index (Phi) is 5.57. The zero-order valence-electron chi connectivity index (χ0n) is 15.9. The highest BCUT2D eigenvalue weighted by Gasteiger charge is 2.28. The number of nitrogens with one attached hydrogen (secondary N) is 2. The van der Waals surface area contributed by atoms with Crippen LogP contribution < -0.4 is 11.3 Å². The standard InChI is InChI=1S/C21H12N2O9/c24-15-9-17(11-5-1-3-7-13(11)19(15)26)29-22-31-21(28)32-23-30-18-10-16(25)20(27)14-8-4-2-6-12(14)18/h1-10,22-23H. The summed E-state index contributed by atoms with van der Waals surface area (Å²) in [6, 6.07) is 12.4. The van der Waals surface area contributed by atoms with Gasteiger partial charge < -0.3 is 19.4 Å². The molecule has 0 amide bonds. The van der Waals surface area contributed by atoms with Crippen molar-refractivity contribution in [3.8, 4) is 0 Å². The summed E-state index contributed by atoms with van der Waals surface area (Å²) in [5, 5.41) is 0. The molecule has 11 heteroatoms. The molecule has 4 rings (SSSR count). The van der Waals surface area contributed by atoms with Crippen molar-refractivity contribution in [1.82, 2.24) is 11.3 Å². The van der Waals surface area contributed by atoms with Crippen molar-refractivity contribution in [2.75, 3.05) is 0 Å². The number of fused-ring (bicyclic) bond motifs is 2. The lowest BCUT2D eigenvalue weighted by molar-refractivity contribution is -0.150. The van der Waals surface area contributed by atoms with E-state index in [0.717, 1.165) is 12.2 Å². The van der Waals surface area contributed by atoms with E-state index >= 15 is 0 Å². The molecule has 160 valence electrons. The third-order valence-corrected chi connectivity index (χ3v) is 4.40. The van der Waals surface area contributed by atoms with E-state index < -0.39 is 29.3 Å². The predicted molar refractivity (Wildman–Crippen MR) is 104 cm³/mol. The highest BCUT2D eigenvalue weighted by atomic mass is 17.0. The number of ketones is 4. The van der Waals surface area contributed by atoms with Crippen LogP contribution in [0.4, 0.5) is 4.79 Å². The monoisotopic (exact) mass is 436 g/mol. The molecule has 0 aliphatic heterocycles. The maximum atomic E-state index is 11.9. The zero-order valence-corrected chi connectivity index (χ0v) is 15.9. The molecule has 0 spiro atoms. The first-order valence-corrected chi connectivity index (χ1v) is 8.96. The number of hydrogen-bond acceptors (Lipinski definition) is 11. The molecule has 0 unspecified atom stereocenters. The predicted octanol–water partition coefficient (Wildman–Crippen LogP) is 1.62. The minimum Gasteiger partial charge on any atom is -0.373 e. The van der Waals surface area contributed by atoms with E-state index in [9.17, 15) is 24.0 Å². The van der Waals surface area contributed by atoms with Crippen molar-refractivity contribution in [3.05, 3.63) is 82.9 Å². The number of hydrogen-bond donors (Lipinski definition) is 2. The number of benzene rings is 2. The SMILES string of the molecule is O=C(ONOC1=CC(=O)C(=O)c2ccccc21)ONOC1=CC(=O)C(=O)c2ccccc21. The van der Waals surface area contributed by atoms with E-state index in [2.05, 4.69) is 9.68 Å². The van der Waals surface area contributed by atoms with Crippen molar-refractivity contribution in [2.45, 2.75) is 0 Å². The summed E-state index contributed by atoms with van der Waals surface area (Å²) in [6.07, 6.45) is 0.530. The zero-order chi connectivity index (χ0) is 22.7. The van der Waals surface area contributed by atoms with Crippen LogP contribution in [0.5, 0.6) is 0 Å². The third-order valence-electron chi connectivity index (χ3n) is 4.40. The Morgan fingerprint density at radius 3 is 1.38 bits per heavy atom. The largest absolute Gasteiger partial charge is 0.552 e. The molecule has 0 saturated carbocycles. The number of Topliss-reactive ketones (excluding diaryl/α,β-unsaturated/α-hetero) is 2. The van der Waals surface area contributed by atoms with E-state index in [0.29, 0.717) is 11.1 Å². The molecule has 2 N–H and O–H groups in total. The van der Waals surface area contributed by atoms with E-state index in [4.69, 9.17) is 9.68 Å². The summed E-state index contributed by atoms with van der Waals surface area (Å²) in [7, 11) is 0. The summed E-state index contributed by atoms with van der Waals surface area (Å²) in [5.74, 6) is -3.06. The topological polar surface area (TPSA) is 146 Å². The van der Waals surface area contributed by atoms with Crippen LogP contribution in [0.25, 0.3) is 11.5 Å². The molecule has 2 aliphatic carbocycles. The van der Waals surface area contributed by atoms with Crippen LogP contribution in [0, 0.1) is 0 Å². The number of allylic oxidation sites excluding steroid dienone is 2. The molecule has 0 radical (unpaired) electrons. The second-order valence-corrected chi connectivity index (χ2v) is 6.32. The average Bonchev–Trinajstić information content (AvgIpc) is 2.80. The lowest BCUT2D eigenvalue weighted by Gasteiger charge is -2.17. The van der Waals surface area contributed by atoms with Gasteiger partial charge in [-0.1, -0.05) is 48.5 Å². The van der Waals surface area contributed by atoms with Crippen LogP contribution in [0.3, 0.4) is 0 Å². The van der Waals surface area contributed by atoms with Gasteiger partial charge in [-0.05, 0) is 0 Å². The normalized spacial score (nSPS) is 14.6. The maximum Gasteiger partial charge on any atom is 0.552 e. The molecule has 11 nitrogen and oxygen atoms in total. The Morgan fingerprint density at radius 2 is 0.969 bits per heavy atom. The van der Waals surface area contributed by atoms with Crippen LogP contribution in [0.1, 0.15) is 31.8 Å². The molecule has 2 aromatic rings. The van der Waals surface area contributed by atoms with Gasteiger partial charge >= 0.3 is 6.16 Å². The number of rotatable bonds is 6. The molecule has 0 saturated heterocycles. The fourth-order valence-electron chi connectivity index (χ4n) is 2.97. The minimum absolute atomic E-state index is 0.0469. The third kappa shape index (κ3) is 4.01. The summed E-state index contributed by atoms with van der Waals surface area (Å²) in [6.45, 7) is 0. The van der Waals surface area contributed by atoms with Gasteiger partial charge in [-0.2, -0.15) is 4.79 Å². The Bertz CT molecular complexity index is 1140. The Labute approximate surface area is 179 Å². The minimum atomic E-state index is -1.36. The van der Waals surface area contributed by atoms with Gasteiger partial charge in [0.25, 0.3) is 0 Å². The van der Waals surface area contributed by atoms with Crippen molar-refractivity contribution in [1.29, 1.82) is 0 Å². The van der Waals surface area contributed by atoms with Gasteiger partial charge in [0.2, 0.25) is 23.1 Å². The maximum absolute atomic E-state index is 11.9. The Hall–Kier alpha value is -4.61. The second kappa shape index (κ2) is 8.63. The molecular weight excluding hydrogens is 424 g/mol. The van der Waals surface area contributed by atoms with Gasteiger partial charge in [0.1, 0.15) is 0 Å². The molecule has 2 aliphatic rings. The summed E-state index contributed by atoms with van der Waals surface area (Å²) in [4.78, 5) is 77.8. The van der Waals surface area contributed by atoms with Crippen molar-refractivity contribution < 1.29 is 43.3 Å². The Balaban J connectivity index is 1.29. The quantitative estimate of drug-likeness (QED) is 0.503. The average molecular weight is 436 g/mol. The van der Waals surface area contributed by atoms with E-state index in [1.54, 1.807) is 36.4 Å². The smallest absolute Gasteiger partial charge is 0.373 e. The molecule has 0 atom stereocenters. The van der Waals surface area contributed by atoms with Gasteiger partial charge in [-0.25, -0.2) is 0 Å². The molecule has 0 bridgehead atoms. The lowest BCUT2D eigenvalue weighted by atomic mass is 9.94. The van der Waals surface area contributed by atoms with Crippen LogP contribution >= 0.6 is 0 Å². The summed E-state index contributed by atoms with van der Waals surface area (Å²) in [5.41, 5.74) is 4.60. The van der Waals surface area contributed by atoms with Gasteiger partial charge in [0.05, 0.1) is 0 Å². The second-order valence-electron chi connectivity index (χ2n) is 6.32. The van der Waals surface area contributed by atoms with E-state index in [-0.39, 0.29) is 22.6 Å². The first kappa shape index (κ1) is 20.7. The van der Waals surface area contributed by atoms with Crippen LogP contribution in [-0.4, -0.2) is 29.3 Å². The number of carbonyl (C=O) groups excluding carboxylic acids is 5. The van der Waals surface area contributed by atoms with Crippen LogP contribution in [0.15, 0.2) is 60.7 Å².